The molecule has 1 N–H and O–H groups in total. The molecule has 1 aromatic carbocycles. The average molecular weight is 422 g/mol. The monoisotopic (exact) mass is 421 g/mol. The van der Waals surface area contributed by atoms with Crippen LogP contribution in [0, 0.1) is 5.41 Å². The zero-order chi connectivity index (χ0) is 21.7. The van der Waals surface area contributed by atoms with Gasteiger partial charge in [0.1, 0.15) is 6.10 Å². The number of carbonyl (C=O) groups is 2. The average Bonchev–Trinajstić information content (AvgIpc) is 3.35. The van der Waals surface area contributed by atoms with Gasteiger partial charge in [-0.15, -0.1) is 0 Å². The first-order valence-corrected chi connectivity index (χ1v) is 11.3. The van der Waals surface area contributed by atoms with Gasteiger partial charge in [-0.1, -0.05) is 24.3 Å². The van der Waals surface area contributed by atoms with Gasteiger partial charge in [0, 0.05) is 38.6 Å². The number of benzene rings is 1. The number of ether oxygens (including phenoxy) is 1. The van der Waals surface area contributed by atoms with Crippen molar-refractivity contribution in [1.82, 2.24) is 15.2 Å². The lowest BCUT2D eigenvalue weighted by Crippen LogP contribution is -2.56. The predicted octanol–water partition coefficient (Wildman–Crippen LogP) is 3.22. The van der Waals surface area contributed by atoms with E-state index < -0.39 is 5.41 Å². The lowest BCUT2D eigenvalue weighted by Gasteiger charge is -2.42. The summed E-state index contributed by atoms with van der Waals surface area (Å²) in [6.07, 6.45) is 7.15. The molecule has 0 aliphatic carbocycles. The SMILES string of the molecule is CCNC(=O)[C@@]1(Cc2ccc(-c3ccncc3)cc2)CCCN(C(=O)[C@@H]2CCCO2)C1. The van der Waals surface area contributed by atoms with Crippen LogP contribution in [0.25, 0.3) is 11.1 Å². The zero-order valence-corrected chi connectivity index (χ0v) is 18.2. The van der Waals surface area contributed by atoms with Gasteiger partial charge in [0.25, 0.3) is 5.91 Å². The highest BCUT2D eigenvalue weighted by Crippen LogP contribution is 2.35. The van der Waals surface area contributed by atoms with Gasteiger partial charge in [0.2, 0.25) is 5.91 Å². The summed E-state index contributed by atoms with van der Waals surface area (Å²) in [5.74, 6) is 0.0805. The second kappa shape index (κ2) is 9.60. The largest absolute Gasteiger partial charge is 0.368 e. The number of nitrogens with one attached hydrogen (secondary N) is 1. The summed E-state index contributed by atoms with van der Waals surface area (Å²) in [7, 11) is 0. The van der Waals surface area contributed by atoms with Crippen LogP contribution in [0.3, 0.4) is 0 Å². The van der Waals surface area contributed by atoms with Crippen LogP contribution in [0.4, 0.5) is 0 Å². The van der Waals surface area contributed by atoms with Crippen molar-refractivity contribution in [2.45, 2.75) is 45.1 Å². The lowest BCUT2D eigenvalue weighted by molar-refractivity contribution is -0.148. The van der Waals surface area contributed by atoms with E-state index in [1.165, 1.54) is 0 Å². The van der Waals surface area contributed by atoms with Crippen LogP contribution in [-0.2, 0) is 20.7 Å². The fraction of sp³-hybridized carbons (Fsp3) is 0.480. The van der Waals surface area contributed by atoms with Crippen molar-refractivity contribution in [3.05, 3.63) is 54.4 Å². The standard InChI is InChI=1S/C25H31N3O3/c1-2-27-24(30)25(12-4-15-28(18-25)23(29)22-5-3-16-31-22)17-19-6-8-20(9-7-19)21-10-13-26-14-11-21/h6-11,13-14,22H,2-5,12,15-18H2,1H3,(H,27,30)/t22-,25+/m0/s1. The molecule has 0 spiro atoms. The van der Waals surface area contributed by atoms with Crippen molar-refractivity contribution in [1.29, 1.82) is 0 Å². The predicted molar refractivity (Wildman–Crippen MR) is 119 cm³/mol. The summed E-state index contributed by atoms with van der Waals surface area (Å²) in [4.78, 5) is 32.1. The molecule has 0 saturated carbocycles. The van der Waals surface area contributed by atoms with E-state index >= 15 is 0 Å². The number of rotatable bonds is 6. The van der Waals surface area contributed by atoms with E-state index in [9.17, 15) is 9.59 Å². The molecule has 2 saturated heterocycles. The minimum Gasteiger partial charge on any atom is -0.368 e. The second-order valence-electron chi connectivity index (χ2n) is 8.61. The van der Waals surface area contributed by atoms with Crippen LogP contribution in [0.1, 0.15) is 38.2 Å². The molecule has 0 bridgehead atoms. The molecule has 1 aromatic heterocycles. The summed E-state index contributed by atoms with van der Waals surface area (Å²) in [6, 6.07) is 12.3. The number of pyridine rings is 1. The van der Waals surface area contributed by atoms with Gasteiger partial charge in [-0.25, -0.2) is 0 Å². The third kappa shape index (κ3) is 4.79. The molecule has 2 aliphatic heterocycles. The molecule has 6 nitrogen and oxygen atoms in total. The summed E-state index contributed by atoms with van der Waals surface area (Å²) < 4.78 is 5.62. The molecule has 2 atom stereocenters. The number of piperidine rings is 1. The molecular weight excluding hydrogens is 390 g/mol. The highest BCUT2D eigenvalue weighted by molar-refractivity contribution is 5.86. The molecule has 4 rings (SSSR count). The van der Waals surface area contributed by atoms with Gasteiger partial charge in [0.15, 0.2) is 0 Å². The van der Waals surface area contributed by atoms with E-state index in [2.05, 4.69) is 34.6 Å². The molecular formula is C25H31N3O3. The molecule has 2 fully saturated rings. The Bertz CT molecular complexity index is 894. The lowest BCUT2D eigenvalue weighted by atomic mass is 9.74. The summed E-state index contributed by atoms with van der Waals surface area (Å²) >= 11 is 0. The van der Waals surface area contributed by atoms with Crippen molar-refractivity contribution in [3.63, 3.8) is 0 Å². The molecule has 6 heteroatoms. The van der Waals surface area contributed by atoms with Gasteiger partial charge in [-0.3, -0.25) is 14.6 Å². The Morgan fingerprint density at radius 3 is 2.55 bits per heavy atom. The maximum absolute atomic E-state index is 13.2. The molecule has 164 valence electrons. The Balaban J connectivity index is 1.54. The van der Waals surface area contributed by atoms with Gasteiger partial charge in [0.05, 0.1) is 5.41 Å². The molecule has 0 unspecified atom stereocenters. The Morgan fingerprint density at radius 2 is 1.87 bits per heavy atom. The van der Waals surface area contributed by atoms with E-state index in [0.29, 0.717) is 32.7 Å². The van der Waals surface area contributed by atoms with Crippen molar-refractivity contribution in [2.24, 2.45) is 5.41 Å². The molecule has 31 heavy (non-hydrogen) atoms. The Kier molecular flexibility index (Phi) is 6.66. The van der Waals surface area contributed by atoms with E-state index in [0.717, 1.165) is 42.4 Å². The van der Waals surface area contributed by atoms with Crippen molar-refractivity contribution >= 4 is 11.8 Å². The topological polar surface area (TPSA) is 71.5 Å². The van der Waals surface area contributed by atoms with Crippen LogP contribution in [0.2, 0.25) is 0 Å². The smallest absolute Gasteiger partial charge is 0.251 e. The normalized spacial score (nSPS) is 23.5. The summed E-state index contributed by atoms with van der Waals surface area (Å²) in [5, 5.41) is 3.03. The van der Waals surface area contributed by atoms with E-state index in [4.69, 9.17) is 4.74 Å². The van der Waals surface area contributed by atoms with Gasteiger partial charge < -0.3 is 15.0 Å². The number of carbonyl (C=O) groups excluding carboxylic acids is 2. The Hall–Kier alpha value is -2.73. The highest BCUT2D eigenvalue weighted by Gasteiger charge is 2.44. The van der Waals surface area contributed by atoms with E-state index in [1.54, 1.807) is 12.4 Å². The number of hydrogen-bond donors (Lipinski definition) is 1. The second-order valence-corrected chi connectivity index (χ2v) is 8.61. The minimum absolute atomic E-state index is 0.0399. The Morgan fingerprint density at radius 1 is 1.13 bits per heavy atom. The van der Waals surface area contributed by atoms with Crippen LogP contribution in [-0.4, -0.2) is 54.0 Å². The number of nitrogens with zero attached hydrogens (tertiary/aromatic N) is 2. The van der Waals surface area contributed by atoms with Crippen molar-refractivity contribution in [3.8, 4) is 11.1 Å². The minimum atomic E-state index is -0.610. The molecule has 3 heterocycles. The third-order valence-corrected chi connectivity index (χ3v) is 6.42. The number of aromatic nitrogens is 1. The molecule has 2 amide bonds. The quantitative estimate of drug-likeness (QED) is 0.777. The van der Waals surface area contributed by atoms with Crippen molar-refractivity contribution < 1.29 is 14.3 Å². The zero-order valence-electron chi connectivity index (χ0n) is 18.2. The van der Waals surface area contributed by atoms with Gasteiger partial charge >= 0.3 is 0 Å². The van der Waals surface area contributed by atoms with Crippen LogP contribution >= 0.6 is 0 Å². The third-order valence-electron chi connectivity index (χ3n) is 6.42. The summed E-state index contributed by atoms with van der Waals surface area (Å²) in [6.45, 7) is 4.31. The summed E-state index contributed by atoms with van der Waals surface area (Å²) in [5.41, 5.74) is 2.74. The fourth-order valence-electron chi connectivity index (χ4n) is 4.80. The first kappa shape index (κ1) is 21.5. The van der Waals surface area contributed by atoms with Crippen LogP contribution < -0.4 is 5.32 Å². The van der Waals surface area contributed by atoms with Crippen molar-refractivity contribution in [2.75, 3.05) is 26.2 Å². The van der Waals surface area contributed by atoms with Crippen LogP contribution in [0.5, 0.6) is 0 Å². The first-order chi connectivity index (χ1) is 15.1. The molecule has 2 aliphatic rings. The molecule has 2 aromatic rings. The highest BCUT2D eigenvalue weighted by atomic mass is 16.5. The van der Waals surface area contributed by atoms with E-state index in [1.807, 2.05) is 24.0 Å². The number of amides is 2. The molecule has 0 radical (unpaired) electrons. The maximum atomic E-state index is 13.2. The Labute approximate surface area is 184 Å². The van der Waals surface area contributed by atoms with Gasteiger partial charge in [-0.2, -0.15) is 0 Å². The fourth-order valence-corrected chi connectivity index (χ4v) is 4.80. The van der Waals surface area contributed by atoms with Gasteiger partial charge in [-0.05, 0) is 67.9 Å². The van der Waals surface area contributed by atoms with Crippen LogP contribution in [0.15, 0.2) is 48.8 Å². The first-order valence-electron chi connectivity index (χ1n) is 11.3. The number of likely N-dealkylation sites (tertiary alicyclic amines) is 1. The maximum Gasteiger partial charge on any atom is 0.251 e. The number of hydrogen-bond acceptors (Lipinski definition) is 4. The van der Waals surface area contributed by atoms with E-state index in [-0.39, 0.29) is 17.9 Å².